The van der Waals surface area contributed by atoms with Crippen molar-refractivity contribution in [3.63, 3.8) is 0 Å². The van der Waals surface area contributed by atoms with Crippen LogP contribution < -0.4 is 16.4 Å². The number of aliphatic hydroxyl groups excluding tert-OH is 1. The Bertz CT molecular complexity index is 223. The first-order valence-corrected chi connectivity index (χ1v) is 4.96. The Labute approximate surface area is 94.2 Å². The molecule has 0 aromatic rings. The molecule has 0 saturated carbocycles. The Morgan fingerprint density at radius 3 is 2.36 bits per heavy atom. The molecule has 0 radical (unpaired) electrons. The van der Waals surface area contributed by atoms with Crippen LogP contribution in [0.3, 0.4) is 0 Å². The lowest BCUT2D eigenvalue weighted by Crippen LogP contribution is -2.55. The number of hydrogen-bond donors (Lipinski definition) is 5. The summed E-state index contributed by atoms with van der Waals surface area (Å²) in [5.74, 6) is -1.84. The smallest absolute Gasteiger partial charge is 0.325 e. The van der Waals surface area contributed by atoms with Gasteiger partial charge in [0.2, 0.25) is 0 Å². The van der Waals surface area contributed by atoms with Crippen LogP contribution in [0.1, 0.15) is 6.92 Å². The summed E-state index contributed by atoms with van der Waals surface area (Å²) in [5, 5.41) is 21.7. The van der Waals surface area contributed by atoms with Crippen molar-refractivity contribution in [2.45, 2.75) is 23.4 Å². The predicted molar refractivity (Wildman–Crippen MR) is 56.4 cm³/mol. The number of amides is 1. The van der Waals surface area contributed by atoms with Gasteiger partial charge in [0.05, 0.1) is 0 Å². The maximum absolute atomic E-state index is 11.1. The molecule has 6 N–H and O–H groups in total. The minimum absolute atomic E-state index is 0.685. The summed E-state index contributed by atoms with van der Waals surface area (Å²) < 4.78 is -0.964. The first-order valence-electron chi connectivity index (χ1n) is 3.71. The number of aliphatic carboxylic acids is 1. The van der Waals surface area contributed by atoms with Crippen LogP contribution in [0.15, 0.2) is 0 Å². The van der Waals surface area contributed by atoms with Gasteiger partial charge in [-0.3, -0.25) is 14.9 Å². The maximum atomic E-state index is 11.1. The van der Waals surface area contributed by atoms with Crippen LogP contribution in [0.4, 0.5) is 0 Å². The van der Waals surface area contributed by atoms with E-state index in [1.54, 1.807) is 22.6 Å². The fraction of sp³-hybridized carbons (Fsp3) is 0.667. The molecule has 0 aliphatic carbocycles. The molecule has 0 aromatic carbocycles. The second-order valence-electron chi connectivity index (χ2n) is 2.55. The molecular formula is C6H12IN3O4. The normalized spacial score (nSPS) is 16.9. The van der Waals surface area contributed by atoms with Crippen LogP contribution in [-0.4, -0.2) is 38.5 Å². The van der Waals surface area contributed by atoms with Gasteiger partial charge in [0, 0.05) is 0 Å². The number of alkyl halides is 1. The lowest BCUT2D eigenvalue weighted by atomic mass is 10.3. The minimum Gasteiger partial charge on any atom is -0.480 e. The molecule has 82 valence electrons. The number of carbonyl (C=O) groups is 2. The number of nitrogens with two attached hydrogens (primary N) is 1. The van der Waals surface area contributed by atoms with E-state index in [2.05, 4.69) is 10.6 Å². The van der Waals surface area contributed by atoms with Gasteiger partial charge in [-0.25, -0.2) is 0 Å². The fourth-order valence-corrected chi connectivity index (χ4v) is 0.976. The molecule has 3 atom stereocenters. The standard InChI is InChI=1S/C6H12IN3O4/c1-2(5(12)13)9-4(11)3(8)10-6(7)14/h2-3,6,10,14H,8H2,1H3,(H,9,11)(H,12,13). The summed E-state index contributed by atoms with van der Waals surface area (Å²) in [6, 6.07) is -1.01. The zero-order chi connectivity index (χ0) is 11.3. The van der Waals surface area contributed by atoms with Crippen LogP contribution in [0, 0.1) is 0 Å². The summed E-state index contributed by atoms with van der Waals surface area (Å²) in [7, 11) is 0. The molecule has 0 saturated heterocycles. The first kappa shape index (κ1) is 13.5. The molecule has 0 bridgehead atoms. The highest BCUT2D eigenvalue weighted by molar-refractivity contribution is 14.1. The van der Waals surface area contributed by atoms with Gasteiger partial charge in [0.15, 0.2) is 4.23 Å². The van der Waals surface area contributed by atoms with Gasteiger partial charge in [0.25, 0.3) is 5.91 Å². The van der Waals surface area contributed by atoms with E-state index in [1.165, 1.54) is 6.92 Å². The Balaban J connectivity index is 4.01. The van der Waals surface area contributed by atoms with Gasteiger partial charge in [-0.1, -0.05) is 0 Å². The molecule has 0 aliphatic rings. The molecule has 0 rings (SSSR count). The van der Waals surface area contributed by atoms with E-state index in [9.17, 15) is 9.59 Å². The number of hydrogen-bond acceptors (Lipinski definition) is 5. The van der Waals surface area contributed by atoms with Crippen molar-refractivity contribution in [2.24, 2.45) is 5.73 Å². The van der Waals surface area contributed by atoms with Crippen LogP contribution in [0.2, 0.25) is 0 Å². The molecular weight excluding hydrogens is 305 g/mol. The average molecular weight is 317 g/mol. The minimum atomic E-state index is -1.15. The maximum Gasteiger partial charge on any atom is 0.325 e. The van der Waals surface area contributed by atoms with Gasteiger partial charge in [0.1, 0.15) is 12.2 Å². The Kier molecular flexibility index (Phi) is 5.92. The van der Waals surface area contributed by atoms with E-state index < -0.39 is 28.3 Å². The van der Waals surface area contributed by atoms with Gasteiger partial charge >= 0.3 is 5.97 Å². The summed E-state index contributed by atoms with van der Waals surface area (Å²) in [4.78, 5) is 21.5. The van der Waals surface area contributed by atoms with E-state index in [0.717, 1.165) is 0 Å². The number of nitrogens with one attached hydrogen (secondary N) is 2. The molecule has 1 amide bonds. The van der Waals surface area contributed by atoms with Crippen molar-refractivity contribution in [3.8, 4) is 0 Å². The summed E-state index contributed by atoms with van der Waals surface area (Å²) in [6.07, 6.45) is -1.14. The number of carboxylic acid groups (broad SMARTS) is 1. The van der Waals surface area contributed by atoms with E-state index in [-0.39, 0.29) is 0 Å². The van der Waals surface area contributed by atoms with Crippen LogP contribution in [0.25, 0.3) is 0 Å². The highest BCUT2D eigenvalue weighted by Crippen LogP contribution is 1.90. The van der Waals surface area contributed by atoms with Crippen molar-refractivity contribution in [1.82, 2.24) is 10.6 Å². The third-order valence-electron chi connectivity index (χ3n) is 1.33. The van der Waals surface area contributed by atoms with Crippen molar-refractivity contribution >= 4 is 34.5 Å². The number of carboxylic acids is 1. The molecule has 0 aromatic heterocycles. The Morgan fingerprint density at radius 2 is 2.00 bits per heavy atom. The zero-order valence-corrected chi connectivity index (χ0v) is 9.56. The number of aliphatic hydroxyl groups is 1. The number of carbonyl (C=O) groups excluding carboxylic acids is 1. The van der Waals surface area contributed by atoms with Gasteiger partial charge < -0.3 is 21.3 Å². The molecule has 0 heterocycles. The molecule has 7 nitrogen and oxygen atoms in total. The topological polar surface area (TPSA) is 125 Å². The Morgan fingerprint density at radius 1 is 1.50 bits per heavy atom. The zero-order valence-electron chi connectivity index (χ0n) is 7.40. The molecule has 0 spiro atoms. The molecule has 14 heavy (non-hydrogen) atoms. The highest BCUT2D eigenvalue weighted by atomic mass is 127. The predicted octanol–water partition coefficient (Wildman–Crippen LogP) is -1.84. The lowest BCUT2D eigenvalue weighted by molar-refractivity contribution is -0.141. The van der Waals surface area contributed by atoms with Crippen LogP contribution in [0.5, 0.6) is 0 Å². The SMILES string of the molecule is CC(NC(=O)C(N)NC(O)I)C(=O)O. The first-order chi connectivity index (χ1) is 6.34. The monoisotopic (exact) mass is 317 g/mol. The number of halogens is 1. The molecule has 3 unspecified atom stereocenters. The average Bonchev–Trinajstić information content (AvgIpc) is 2.02. The molecule has 0 aliphatic heterocycles. The second-order valence-corrected chi connectivity index (χ2v) is 3.73. The van der Waals surface area contributed by atoms with E-state index in [0.29, 0.717) is 0 Å². The van der Waals surface area contributed by atoms with E-state index >= 15 is 0 Å². The summed E-state index contributed by atoms with van der Waals surface area (Å²) in [6.45, 7) is 1.31. The van der Waals surface area contributed by atoms with Crippen molar-refractivity contribution in [3.05, 3.63) is 0 Å². The van der Waals surface area contributed by atoms with Gasteiger partial charge in [-0.05, 0) is 29.5 Å². The third kappa shape index (κ3) is 5.32. The van der Waals surface area contributed by atoms with Crippen molar-refractivity contribution in [2.75, 3.05) is 0 Å². The third-order valence-corrected chi connectivity index (χ3v) is 1.69. The highest BCUT2D eigenvalue weighted by Gasteiger charge is 2.19. The van der Waals surface area contributed by atoms with Crippen molar-refractivity contribution < 1.29 is 19.8 Å². The van der Waals surface area contributed by atoms with E-state index in [1.807, 2.05) is 0 Å². The summed E-state index contributed by atoms with van der Waals surface area (Å²) in [5.41, 5.74) is 5.29. The quantitative estimate of drug-likeness (QED) is 0.176. The van der Waals surface area contributed by atoms with Crippen LogP contribution in [-0.2, 0) is 9.59 Å². The Hall–Kier alpha value is -0.450. The van der Waals surface area contributed by atoms with Gasteiger partial charge in [-0.15, -0.1) is 0 Å². The summed E-state index contributed by atoms with van der Waals surface area (Å²) >= 11 is 1.61. The van der Waals surface area contributed by atoms with Crippen LogP contribution >= 0.6 is 22.6 Å². The fourth-order valence-electron chi connectivity index (χ4n) is 0.589. The second kappa shape index (κ2) is 6.11. The van der Waals surface area contributed by atoms with Crippen molar-refractivity contribution in [1.29, 1.82) is 0 Å². The van der Waals surface area contributed by atoms with E-state index in [4.69, 9.17) is 15.9 Å². The number of rotatable bonds is 5. The largest absolute Gasteiger partial charge is 0.480 e. The molecule has 8 heteroatoms. The van der Waals surface area contributed by atoms with Gasteiger partial charge in [-0.2, -0.15) is 0 Å². The molecule has 0 fully saturated rings. The lowest BCUT2D eigenvalue weighted by Gasteiger charge is -2.16.